The van der Waals surface area contributed by atoms with E-state index in [2.05, 4.69) is 0 Å². The Bertz CT molecular complexity index is 773. The molecule has 1 aliphatic rings. The van der Waals surface area contributed by atoms with Crippen molar-refractivity contribution in [3.05, 3.63) is 59.7 Å². The van der Waals surface area contributed by atoms with Gasteiger partial charge in [-0.3, -0.25) is 4.90 Å². The smallest absolute Gasteiger partial charge is 0.348 e. The lowest BCUT2D eigenvalue weighted by Gasteiger charge is -2.37. The van der Waals surface area contributed by atoms with Crippen molar-refractivity contribution in [3.8, 4) is 11.5 Å². The van der Waals surface area contributed by atoms with Crippen molar-refractivity contribution in [2.45, 2.75) is 12.5 Å². The maximum atomic E-state index is 13.4. The highest BCUT2D eigenvalue weighted by atomic mass is 16.6. The number of nitrogens with zero attached hydrogens (tertiary/aromatic N) is 1. The van der Waals surface area contributed by atoms with E-state index in [1.165, 1.54) is 0 Å². The number of fused-ring (bicyclic) bond motifs is 2. The minimum atomic E-state index is -1.42. The van der Waals surface area contributed by atoms with E-state index in [9.17, 15) is 4.79 Å². The zero-order chi connectivity index (χ0) is 20.7. The molecule has 156 valence electrons. The summed E-state index contributed by atoms with van der Waals surface area (Å²) in [4.78, 5) is 15.2. The van der Waals surface area contributed by atoms with Gasteiger partial charge in [-0.1, -0.05) is 36.4 Å². The van der Waals surface area contributed by atoms with Crippen LogP contribution < -0.4 is 4.74 Å². The molecule has 0 aromatic heterocycles. The summed E-state index contributed by atoms with van der Waals surface area (Å²) in [7, 11) is 0. The van der Waals surface area contributed by atoms with E-state index < -0.39 is 11.6 Å². The molecule has 0 aliphatic carbocycles. The third-order valence-electron chi connectivity index (χ3n) is 4.87. The Balaban J connectivity index is 1.90. The number of carbonyl (C=O) groups is 1. The molecule has 1 heterocycles. The molecule has 2 aromatic carbocycles. The largest absolute Gasteiger partial charge is 0.462 e. The fourth-order valence-corrected chi connectivity index (χ4v) is 3.59. The van der Waals surface area contributed by atoms with Crippen LogP contribution in [0.2, 0.25) is 0 Å². The first-order valence-corrected chi connectivity index (χ1v) is 9.79. The molecule has 0 saturated heterocycles. The number of aliphatic hydroxyl groups is 2. The third-order valence-corrected chi connectivity index (χ3v) is 4.87. The van der Waals surface area contributed by atoms with Crippen LogP contribution in [0.4, 0.5) is 0 Å². The van der Waals surface area contributed by atoms with Gasteiger partial charge in [-0.15, -0.1) is 0 Å². The zero-order valence-electron chi connectivity index (χ0n) is 16.5. The number of hydrogen-bond acceptors (Lipinski definition) is 7. The van der Waals surface area contributed by atoms with Gasteiger partial charge in [-0.25, -0.2) is 4.79 Å². The highest BCUT2D eigenvalue weighted by Gasteiger charge is 2.51. The van der Waals surface area contributed by atoms with Crippen LogP contribution in [0.15, 0.2) is 48.5 Å². The molecular weight excluding hydrogens is 374 g/mol. The fourth-order valence-electron chi connectivity index (χ4n) is 3.59. The number of aliphatic hydroxyl groups excluding tert-OH is 2. The highest BCUT2D eigenvalue weighted by Crippen LogP contribution is 2.49. The molecular formula is C22H27NO6. The van der Waals surface area contributed by atoms with Crippen LogP contribution >= 0.6 is 0 Å². The van der Waals surface area contributed by atoms with Crippen molar-refractivity contribution >= 4 is 5.97 Å². The number of benzene rings is 2. The van der Waals surface area contributed by atoms with Crippen molar-refractivity contribution in [1.29, 1.82) is 0 Å². The fraction of sp³-hybridized carbons (Fsp3) is 0.409. The molecule has 7 nitrogen and oxygen atoms in total. The van der Waals surface area contributed by atoms with Crippen molar-refractivity contribution < 1.29 is 29.2 Å². The van der Waals surface area contributed by atoms with Gasteiger partial charge >= 0.3 is 5.97 Å². The van der Waals surface area contributed by atoms with Gasteiger partial charge in [-0.2, -0.15) is 0 Å². The SMILES string of the molecule is CCOC1(C(=O)OCCN(CCO)CCO)c2ccccc2Oc2ccccc21. The number of rotatable bonds is 10. The molecule has 0 fully saturated rings. The average Bonchev–Trinajstić information content (AvgIpc) is 2.73. The Labute approximate surface area is 170 Å². The lowest BCUT2D eigenvalue weighted by Crippen LogP contribution is -2.44. The first-order chi connectivity index (χ1) is 14.2. The van der Waals surface area contributed by atoms with Gasteiger partial charge in [0.05, 0.1) is 13.2 Å². The van der Waals surface area contributed by atoms with Crippen molar-refractivity contribution in [2.24, 2.45) is 0 Å². The predicted octanol–water partition coefficient (Wildman–Crippen LogP) is 1.90. The molecule has 0 atom stereocenters. The number of carbonyl (C=O) groups excluding carboxylic acids is 1. The Hall–Kier alpha value is -2.45. The Morgan fingerprint density at radius 3 is 2.03 bits per heavy atom. The first-order valence-electron chi connectivity index (χ1n) is 9.79. The summed E-state index contributed by atoms with van der Waals surface area (Å²) < 4.78 is 17.7. The van der Waals surface area contributed by atoms with Crippen molar-refractivity contribution in [3.63, 3.8) is 0 Å². The predicted molar refractivity (Wildman–Crippen MR) is 107 cm³/mol. The maximum Gasteiger partial charge on any atom is 0.348 e. The molecule has 0 unspecified atom stereocenters. The highest BCUT2D eigenvalue weighted by molar-refractivity contribution is 5.89. The quantitative estimate of drug-likeness (QED) is 0.588. The van der Waals surface area contributed by atoms with Crippen molar-refractivity contribution in [1.82, 2.24) is 4.90 Å². The van der Waals surface area contributed by atoms with Crippen molar-refractivity contribution in [2.75, 3.05) is 46.1 Å². The van der Waals surface area contributed by atoms with Crippen LogP contribution in [-0.2, 0) is 19.9 Å². The minimum Gasteiger partial charge on any atom is -0.462 e. The molecule has 29 heavy (non-hydrogen) atoms. The molecule has 1 aliphatic heterocycles. The van der Waals surface area contributed by atoms with E-state index >= 15 is 0 Å². The summed E-state index contributed by atoms with van der Waals surface area (Å²) in [6.07, 6.45) is 0. The summed E-state index contributed by atoms with van der Waals surface area (Å²) >= 11 is 0. The average molecular weight is 401 g/mol. The molecule has 2 N–H and O–H groups in total. The van der Waals surface area contributed by atoms with E-state index in [1.807, 2.05) is 48.2 Å². The van der Waals surface area contributed by atoms with Gasteiger partial charge in [-0.05, 0) is 19.1 Å². The van der Waals surface area contributed by atoms with Crippen LogP contribution in [-0.4, -0.2) is 67.1 Å². The lowest BCUT2D eigenvalue weighted by molar-refractivity contribution is -0.169. The molecule has 0 bridgehead atoms. The molecule has 2 aromatic rings. The summed E-state index contributed by atoms with van der Waals surface area (Å²) in [5.74, 6) is 0.591. The Kier molecular flexibility index (Phi) is 7.22. The number of esters is 1. The Morgan fingerprint density at radius 2 is 1.52 bits per heavy atom. The standard InChI is InChI=1S/C22H27NO6/c1-2-28-22(21(26)27-16-13-23(11-14-24)12-15-25)17-7-3-5-9-19(17)29-20-10-6-4-8-18(20)22/h3-10,24-25H,2,11-16H2,1H3. The van der Waals surface area contributed by atoms with Gasteiger partial charge in [0.25, 0.3) is 0 Å². The van der Waals surface area contributed by atoms with Crippen LogP contribution in [0.1, 0.15) is 18.1 Å². The third kappa shape index (κ3) is 4.28. The van der Waals surface area contributed by atoms with Gasteiger partial charge in [0.1, 0.15) is 18.1 Å². The monoisotopic (exact) mass is 401 g/mol. The van der Waals surface area contributed by atoms with Gasteiger partial charge in [0.15, 0.2) is 0 Å². The van der Waals surface area contributed by atoms with E-state index in [1.54, 1.807) is 12.1 Å². The lowest BCUT2D eigenvalue weighted by atomic mass is 9.83. The van der Waals surface area contributed by atoms with Crippen LogP contribution in [0.5, 0.6) is 11.5 Å². The van der Waals surface area contributed by atoms with Crippen LogP contribution in [0.3, 0.4) is 0 Å². The Morgan fingerprint density at radius 1 is 0.966 bits per heavy atom. The topological polar surface area (TPSA) is 88.5 Å². The molecule has 3 rings (SSSR count). The minimum absolute atomic E-state index is 0.0328. The number of ether oxygens (including phenoxy) is 3. The zero-order valence-corrected chi connectivity index (χ0v) is 16.5. The summed E-state index contributed by atoms with van der Waals surface area (Å²) in [6.45, 7) is 3.37. The molecule has 7 heteroatoms. The second-order valence-electron chi connectivity index (χ2n) is 6.63. The number of hydrogen-bond donors (Lipinski definition) is 2. The van der Waals surface area contributed by atoms with Gasteiger partial charge < -0.3 is 24.4 Å². The summed E-state index contributed by atoms with van der Waals surface area (Å²) in [5, 5.41) is 18.3. The van der Waals surface area contributed by atoms with E-state index in [-0.39, 0.29) is 19.8 Å². The normalized spacial score (nSPS) is 14.1. The van der Waals surface area contributed by atoms with Crippen LogP contribution in [0.25, 0.3) is 0 Å². The van der Waals surface area contributed by atoms with Gasteiger partial charge in [0, 0.05) is 37.4 Å². The number of para-hydroxylation sites is 2. The molecule has 0 radical (unpaired) electrons. The summed E-state index contributed by atoms with van der Waals surface area (Å²) in [5.41, 5.74) is -0.208. The van der Waals surface area contributed by atoms with E-state index in [4.69, 9.17) is 24.4 Å². The van der Waals surface area contributed by atoms with Gasteiger partial charge in [0.2, 0.25) is 5.60 Å². The summed E-state index contributed by atoms with van der Waals surface area (Å²) in [6, 6.07) is 14.6. The van der Waals surface area contributed by atoms with E-state index in [0.29, 0.717) is 48.9 Å². The second kappa shape index (κ2) is 9.84. The molecule has 0 saturated carbocycles. The van der Waals surface area contributed by atoms with E-state index in [0.717, 1.165) is 0 Å². The molecule has 0 amide bonds. The second-order valence-corrected chi connectivity index (χ2v) is 6.63. The van der Waals surface area contributed by atoms with Crippen LogP contribution in [0, 0.1) is 0 Å². The first kappa shape index (κ1) is 21.3. The maximum absolute atomic E-state index is 13.4. The molecule has 0 spiro atoms.